The normalized spacial score (nSPS) is 28.4. The Kier molecular flexibility index (Phi) is 4.39. The number of carboxylic acids is 1. The van der Waals surface area contributed by atoms with E-state index >= 15 is 0 Å². The summed E-state index contributed by atoms with van der Waals surface area (Å²) in [5, 5.41) is 12.1. The number of hydrogen-bond acceptors (Lipinski definition) is 2. The third-order valence-corrected chi connectivity index (χ3v) is 7.67. The number of carbonyl (C=O) groups is 1. The Labute approximate surface area is 143 Å². The smallest absolute Gasteiger partial charge is 0.309 e. The molecule has 0 aliphatic heterocycles. The average Bonchev–Trinajstić information content (AvgIpc) is 3.22. The third kappa shape index (κ3) is 2.87. The Morgan fingerprint density at radius 1 is 0.917 bits per heavy atom. The van der Waals surface area contributed by atoms with Crippen LogP contribution in [-0.2, 0) is 9.32 Å². The molecule has 4 atom stereocenters. The Balaban J connectivity index is 1.66. The molecule has 2 aromatic carbocycles. The molecule has 2 saturated carbocycles. The Bertz CT molecular complexity index is 664. The van der Waals surface area contributed by atoms with Crippen LogP contribution in [-0.4, -0.2) is 17.2 Å². The van der Waals surface area contributed by atoms with E-state index in [0.29, 0.717) is 11.8 Å². The molecule has 2 aliphatic carbocycles. The SMILES string of the molecule is O=C(O)C1C2CCC(C2)C1O[PH+](c1ccccc1)c1ccccc1. The number of rotatable bonds is 5. The maximum absolute atomic E-state index is 11.8. The lowest BCUT2D eigenvalue weighted by Crippen LogP contribution is -2.36. The van der Waals surface area contributed by atoms with Crippen molar-refractivity contribution in [2.24, 2.45) is 17.8 Å². The van der Waals surface area contributed by atoms with E-state index in [1.807, 2.05) is 36.4 Å². The number of fused-ring (bicyclic) bond motifs is 2. The fraction of sp³-hybridized carbons (Fsp3) is 0.350. The van der Waals surface area contributed by atoms with Crippen molar-refractivity contribution >= 4 is 24.7 Å². The van der Waals surface area contributed by atoms with Gasteiger partial charge in [0.15, 0.2) is 8.15 Å². The summed E-state index contributed by atoms with van der Waals surface area (Å²) in [7, 11) is -1.43. The lowest BCUT2D eigenvalue weighted by atomic mass is 9.86. The van der Waals surface area contributed by atoms with Crippen LogP contribution >= 0.6 is 8.15 Å². The Morgan fingerprint density at radius 2 is 1.46 bits per heavy atom. The molecule has 0 radical (unpaired) electrons. The first-order chi connectivity index (χ1) is 11.7. The molecule has 2 aliphatic rings. The molecule has 0 spiro atoms. The molecular formula is C20H22O3P+. The second-order valence-electron chi connectivity index (χ2n) is 6.84. The summed E-state index contributed by atoms with van der Waals surface area (Å²) in [4.78, 5) is 11.8. The van der Waals surface area contributed by atoms with Gasteiger partial charge in [0.05, 0.1) is 5.92 Å². The van der Waals surface area contributed by atoms with Gasteiger partial charge in [-0.1, -0.05) is 36.4 Å². The van der Waals surface area contributed by atoms with Crippen LogP contribution in [0.5, 0.6) is 0 Å². The second-order valence-corrected chi connectivity index (χ2v) is 8.89. The van der Waals surface area contributed by atoms with Crippen LogP contribution in [0, 0.1) is 17.8 Å². The van der Waals surface area contributed by atoms with E-state index in [1.54, 1.807) is 0 Å². The van der Waals surface area contributed by atoms with Gasteiger partial charge in [-0.15, -0.1) is 0 Å². The topological polar surface area (TPSA) is 46.5 Å². The van der Waals surface area contributed by atoms with Crippen LogP contribution in [0.3, 0.4) is 0 Å². The monoisotopic (exact) mass is 341 g/mol. The molecule has 2 fully saturated rings. The van der Waals surface area contributed by atoms with Gasteiger partial charge in [-0.25, -0.2) is 4.52 Å². The van der Waals surface area contributed by atoms with Gasteiger partial charge in [0, 0.05) is 0 Å². The van der Waals surface area contributed by atoms with Gasteiger partial charge >= 0.3 is 5.97 Å². The lowest BCUT2D eigenvalue weighted by Gasteiger charge is -2.27. The maximum Gasteiger partial charge on any atom is 0.309 e. The van der Waals surface area contributed by atoms with Gasteiger partial charge in [-0.05, 0) is 55.4 Å². The highest BCUT2D eigenvalue weighted by molar-refractivity contribution is 7.68. The first kappa shape index (κ1) is 15.8. The highest BCUT2D eigenvalue weighted by Crippen LogP contribution is 2.53. The number of aliphatic carboxylic acids is 1. The summed E-state index contributed by atoms with van der Waals surface area (Å²) in [6.07, 6.45) is 3.02. The van der Waals surface area contributed by atoms with Crippen LogP contribution in [0.2, 0.25) is 0 Å². The molecule has 24 heavy (non-hydrogen) atoms. The molecule has 0 heterocycles. The van der Waals surface area contributed by atoms with Crippen LogP contribution in [0.15, 0.2) is 60.7 Å². The van der Waals surface area contributed by atoms with Gasteiger partial charge in [0.1, 0.15) is 16.7 Å². The number of benzene rings is 2. The molecule has 0 aromatic heterocycles. The molecular weight excluding hydrogens is 319 g/mol. The van der Waals surface area contributed by atoms with Gasteiger partial charge in [-0.3, -0.25) is 4.79 Å². The summed E-state index contributed by atoms with van der Waals surface area (Å²) in [6.45, 7) is 0. The van der Waals surface area contributed by atoms with E-state index in [2.05, 4.69) is 24.3 Å². The Hall–Kier alpha value is -1.70. The number of carboxylic acid groups (broad SMARTS) is 1. The van der Waals surface area contributed by atoms with Crippen molar-refractivity contribution in [3.63, 3.8) is 0 Å². The van der Waals surface area contributed by atoms with Gasteiger partial charge < -0.3 is 5.11 Å². The summed E-state index contributed by atoms with van der Waals surface area (Å²) < 4.78 is 6.61. The maximum atomic E-state index is 11.8. The minimum Gasteiger partial charge on any atom is -0.481 e. The van der Waals surface area contributed by atoms with E-state index in [-0.39, 0.29) is 12.0 Å². The molecule has 4 heteroatoms. The first-order valence-corrected chi connectivity index (χ1v) is 10.0. The molecule has 2 aromatic rings. The summed E-state index contributed by atoms with van der Waals surface area (Å²) in [5.41, 5.74) is 0. The highest BCUT2D eigenvalue weighted by Gasteiger charge is 2.54. The largest absolute Gasteiger partial charge is 0.481 e. The van der Waals surface area contributed by atoms with Crippen molar-refractivity contribution in [3.05, 3.63) is 60.7 Å². The van der Waals surface area contributed by atoms with E-state index in [1.165, 1.54) is 10.6 Å². The summed E-state index contributed by atoms with van der Waals surface area (Å²) in [6, 6.07) is 20.5. The molecule has 2 bridgehead atoms. The van der Waals surface area contributed by atoms with E-state index in [0.717, 1.165) is 19.3 Å². The van der Waals surface area contributed by atoms with Crippen LogP contribution in [0.4, 0.5) is 0 Å². The predicted octanol–water partition coefficient (Wildman–Crippen LogP) is 3.28. The fourth-order valence-electron chi connectivity index (χ4n) is 4.37. The number of hydrogen-bond donors (Lipinski definition) is 1. The van der Waals surface area contributed by atoms with E-state index in [9.17, 15) is 9.90 Å². The predicted molar refractivity (Wildman–Crippen MR) is 97.3 cm³/mol. The minimum atomic E-state index is -1.43. The zero-order valence-electron chi connectivity index (χ0n) is 13.5. The quantitative estimate of drug-likeness (QED) is 0.849. The van der Waals surface area contributed by atoms with Crippen LogP contribution in [0.1, 0.15) is 19.3 Å². The highest BCUT2D eigenvalue weighted by atomic mass is 31.1. The minimum absolute atomic E-state index is 0.143. The van der Waals surface area contributed by atoms with Crippen LogP contribution < -0.4 is 10.6 Å². The van der Waals surface area contributed by atoms with Crippen molar-refractivity contribution in [2.45, 2.75) is 25.4 Å². The zero-order chi connectivity index (χ0) is 16.5. The van der Waals surface area contributed by atoms with E-state index < -0.39 is 14.1 Å². The molecule has 4 rings (SSSR count). The molecule has 0 saturated heterocycles. The zero-order valence-corrected chi connectivity index (χ0v) is 14.5. The van der Waals surface area contributed by atoms with Crippen molar-refractivity contribution in [2.75, 3.05) is 0 Å². The molecule has 1 N–H and O–H groups in total. The molecule has 0 amide bonds. The van der Waals surface area contributed by atoms with Gasteiger partial charge in [0.25, 0.3) is 0 Å². The Morgan fingerprint density at radius 3 is 2.00 bits per heavy atom. The van der Waals surface area contributed by atoms with Gasteiger partial charge in [-0.2, -0.15) is 0 Å². The summed E-state index contributed by atoms with van der Waals surface area (Å²) in [5.74, 6) is -0.318. The third-order valence-electron chi connectivity index (χ3n) is 5.45. The molecule has 3 nitrogen and oxygen atoms in total. The van der Waals surface area contributed by atoms with Crippen molar-refractivity contribution in [3.8, 4) is 0 Å². The fourth-order valence-corrected chi connectivity index (χ4v) is 6.58. The molecule has 124 valence electrons. The second kappa shape index (κ2) is 6.66. The standard InChI is InChI=1S/C20H21O3P/c21-20(22)18-14-11-12-15(13-14)19(18)23-24(16-7-3-1-4-8-16)17-9-5-2-6-10-17/h1-10,14-15,18-19H,11-13H2,(H,21,22)/p+1. The molecule has 4 unspecified atom stereocenters. The van der Waals surface area contributed by atoms with Crippen LogP contribution in [0.25, 0.3) is 0 Å². The van der Waals surface area contributed by atoms with Gasteiger partial charge in [0.2, 0.25) is 0 Å². The van der Waals surface area contributed by atoms with E-state index in [4.69, 9.17) is 4.52 Å². The average molecular weight is 341 g/mol. The van der Waals surface area contributed by atoms with Crippen molar-refractivity contribution in [1.82, 2.24) is 0 Å². The summed E-state index contributed by atoms with van der Waals surface area (Å²) >= 11 is 0. The first-order valence-electron chi connectivity index (χ1n) is 8.61. The van der Waals surface area contributed by atoms with Crippen molar-refractivity contribution in [1.29, 1.82) is 0 Å². The van der Waals surface area contributed by atoms with Crippen molar-refractivity contribution < 1.29 is 14.4 Å². The lowest BCUT2D eigenvalue weighted by molar-refractivity contribution is -0.146.